The molecule has 1 aliphatic heterocycles. The minimum Gasteiger partial charge on any atom is -0.458 e. The molecular formula is C12H13FO4S. The Morgan fingerprint density at radius 3 is 2.72 bits per heavy atom. The zero-order chi connectivity index (χ0) is 13.2. The van der Waals surface area contributed by atoms with Gasteiger partial charge in [0.2, 0.25) is 0 Å². The molecule has 6 heteroatoms. The standard InChI is InChI=1S/C12H13FO4S/c13-11-6-2-1-5-10(11)12(14)17-9-4-3-7-18(15,16)8-9/h1-2,5-6,9H,3-4,7-8H2. The quantitative estimate of drug-likeness (QED) is 0.767. The summed E-state index contributed by atoms with van der Waals surface area (Å²) in [5.74, 6) is -1.52. The monoisotopic (exact) mass is 272 g/mol. The molecule has 1 aromatic carbocycles. The highest BCUT2D eigenvalue weighted by Gasteiger charge is 2.28. The van der Waals surface area contributed by atoms with E-state index in [1.54, 1.807) is 0 Å². The van der Waals surface area contributed by atoms with Crippen LogP contribution in [0.1, 0.15) is 23.2 Å². The Labute approximate surface area is 105 Å². The third-order valence-electron chi connectivity index (χ3n) is 2.79. The number of halogens is 1. The van der Waals surface area contributed by atoms with Crippen molar-refractivity contribution in [2.45, 2.75) is 18.9 Å². The Kier molecular flexibility index (Phi) is 3.65. The molecule has 0 amide bonds. The molecule has 1 aromatic rings. The fourth-order valence-corrected chi connectivity index (χ4v) is 3.49. The van der Waals surface area contributed by atoms with Gasteiger partial charge in [0.25, 0.3) is 0 Å². The van der Waals surface area contributed by atoms with Crippen molar-refractivity contribution in [1.29, 1.82) is 0 Å². The van der Waals surface area contributed by atoms with Gasteiger partial charge in [-0.05, 0) is 25.0 Å². The molecule has 0 radical (unpaired) electrons. The maximum atomic E-state index is 13.3. The van der Waals surface area contributed by atoms with Crippen LogP contribution in [0.2, 0.25) is 0 Å². The third kappa shape index (κ3) is 3.07. The van der Waals surface area contributed by atoms with Crippen molar-refractivity contribution in [2.75, 3.05) is 11.5 Å². The van der Waals surface area contributed by atoms with Crippen LogP contribution in [0.5, 0.6) is 0 Å². The van der Waals surface area contributed by atoms with Crippen molar-refractivity contribution < 1.29 is 22.3 Å². The van der Waals surface area contributed by atoms with E-state index in [4.69, 9.17) is 4.74 Å². The minimum atomic E-state index is -3.14. The summed E-state index contributed by atoms with van der Waals surface area (Å²) < 4.78 is 41.1. The van der Waals surface area contributed by atoms with Gasteiger partial charge in [0.1, 0.15) is 11.9 Å². The smallest absolute Gasteiger partial charge is 0.341 e. The molecule has 1 heterocycles. The van der Waals surface area contributed by atoms with Gasteiger partial charge in [-0.25, -0.2) is 17.6 Å². The summed E-state index contributed by atoms with van der Waals surface area (Å²) in [6, 6.07) is 5.47. The van der Waals surface area contributed by atoms with Gasteiger partial charge in [-0.2, -0.15) is 0 Å². The van der Waals surface area contributed by atoms with E-state index >= 15 is 0 Å². The topological polar surface area (TPSA) is 60.4 Å². The average Bonchev–Trinajstić information content (AvgIpc) is 2.28. The van der Waals surface area contributed by atoms with E-state index in [1.807, 2.05) is 0 Å². The number of rotatable bonds is 2. The molecule has 2 rings (SSSR count). The Morgan fingerprint density at radius 1 is 1.33 bits per heavy atom. The normalized spacial score (nSPS) is 22.4. The first-order valence-electron chi connectivity index (χ1n) is 5.64. The minimum absolute atomic E-state index is 0.126. The predicted molar refractivity (Wildman–Crippen MR) is 63.5 cm³/mol. The van der Waals surface area contributed by atoms with Crippen LogP contribution in [-0.2, 0) is 14.6 Å². The van der Waals surface area contributed by atoms with Crippen molar-refractivity contribution in [3.8, 4) is 0 Å². The second-order valence-electron chi connectivity index (χ2n) is 4.26. The SMILES string of the molecule is O=C(OC1CCCS(=O)(=O)C1)c1ccccc1F. The zero-order valence-electron chi connectivity index (χ0n) is 9.63. The molecule has 98 valence electrons. The Hall–Kier alpha value is -1.43. The van der Waals surface area contributed by atoms with Crippen molar-refractivity contribution in [1.82, 2.24) is 0 Å². The Bertz CT molecular complexity index is 553. The summed E-state index contributed by atoms with van der Waals surface area (Å²) in [4.78, 5) is 11.7. The van der Waals surface area contributed by atoms with E-state index in [1.165, 1.54) is 18.2 Å². The second kappa shape index (κ2) is 5.06. The molecule has 0 aromatic heterocycles. The maximum absolute atomic E-state index is 13.3. The summed E-state index contributed by atoms with van der Waals surface area (Å²) in [5.41, 5.74) is -0.166. The van der Waals surface area contributed by atoms with Crippen LogP contribution in [0.15, 0.2) is 24.3 Å². The first-order valence-corrected chi connectivity index (χ1v) is 7.46. The largest absolute Gasteiger partial charge is 0.458 e. The Balaban J connectivity index is 2.06. The van der Waals surface area contributed by atoms with Gasteiger partial charge in [0, 0.05) is 0 Å². The highest BCUT2D eigenvalue weighted by atomic mass is 32.2. The number of sulfone groups is 1. The van der Waals surface area contributed by atoms with Crippen LogP contribution in [0, 0.1) is 5.82 Å². The van der Waals surface area contributed by atoms with E-state index in [0.29, 0.717) is 12.8 Å². The molecule has 1 unspecified atom stereocenters. The number of benzene rings is 1. The summed E-state index contributed by atoms with van der Waals surface area (Å²) in [6.45, 7) is 0. The van der Waals surface area contributed by atoms with Crippen molar-refractivity contribution in [3.05, 3.63) is 35.6 Å². The van der Waals surface area contributed by atoms with Crippen LogP contribution in [0.25, 0.3) is 0 Å². The third-order valence-corrected chi connectivity index (χ3v) is 4.58. The lowest BCUT2D eigenvalue weighted by atomic mass is 10.2. The molecule has 0 saturated carbocycles. The molecule has 0 aliphatic carbocycles. The van der Waals surface area contributed by atoms with Crippen LogP contribution in [0.3, 0.4) is 0 Å². The first-order chi connectivity index (χ1) is 8.48. The number of ether oxygens (including phenoxy) is 1. The number of esters is 1. The molecule has 1 aliphatic rings. The molecule has 18 heavy (non-hydrogen) atoms. The number of hydrogen-bond acceptors (Lipinski definition) is 4. The van der Waals surface area contributed by atoms with E-state index in [9.17, 15) is 17.6 Å². The van der Waals surface area contributed by atoms with E-state index < -0.39 is 27.7 Å². The highest BCUT2D eigenvalue weighted by Crippen LogP contribution is 2.17. The van der Waals surface area contributed by atoms with Crippen LogP contribution < -0.4 is 0 Å². The maximum Gasteiger partial charge on any atom is 0.341 e. The highest BCUT2D eigenvalue weighted by molar-refractivity contribution is 7.91. The lowest BCUT2D eigenvalue weighted by molar-refractivity contribution is 0.0318. The van der Waals surface area contributed by atoms with Gasteiger partial charge in [0.05, 0.1) is 17.1 Å². The molecule has 0 N–H and O–H groups in total. The number of hydrogen-bond donors (Lipinski definition) is 0. The van der Waals surface area contributed by atoms with Gasteiger partial charge in [-0.15, -0.1) is 0 Å². The molecule has 0 spiro atoms. The van der Waals surface area contributed by atoms with Crippen molar-refractivity contribution in [3.63, 3.8) is 0 Å². The fraction of sp³-hybridized carbons (Fsp3) is 0.417. The van der Waals surface area contributed by atoms with Crippen molar-refractivity contribution in [2.24, 2.45) is 0 Å². The lowest BCUT2D eigenvalue weighted by Crippen LogP contribution is -2.33. The molecule has 1 fully saturated rings. The molecular weight excluding hydrogens is 259 g/mol. The summed E-state index contributed by atoms with van der Waals surface area (Å²) in [5, 5.41) is 0. The summed E-state index contributed by atoms with van der Waals surface area (Å²) in [6.07, 6.45) is 0.299. The zero-order valence-corrected chi connectivity index (χ0v) is 10.5. The molecule has 0 bridgehead atoms. The van der Waals surface area contributed by atoms with Crippen molar-refractivity contribution >= 4 is 15.8 Å². The van der Waals surface area contributed by atoms with Gasteiger partial charge >= 0.3 is 5.97 Å². The summed E-state index contributed by atoms with van der Waals surface area (Å²) >= 11 is 0. The van der Waals surface area contributed by atoms with Gasteiger partial charge in [-0.3, -0.25) is 0 Å². The van der Waals surface area contributed by atoms with Crippen LogP contribution >= 0.6 is 0 Å². The summed E-state index contributed by atoms with van der Waals surface area (Å²) in [7, 11) is -3.14. The van der Waals surface area contributed by atoms with Crippen LogP contribution in [-0.4, -0.2) is 32.0 Å². The average molecular weight is 272 g/mol. The van der Waals surface area contributed by atoms with Gasteiger partial charge in [0.15, 0.2) is 9.84 Å². The second-order valence-corrected chi connectivity index (χ2v) is 6.49. The predicted octanol–water partition coefficient (Wildman–Crippen LogP) is 1.56. The Morgan fingerprint density at radius 2 is 2.06 bits per heavy atom. The number of carbonyl (C=O) groups is 1. The van der Waals surface area contributed by atoms with Gasteiger partial charge < -0.3 is 4.74 Å². The number of carbonyl (C=O) groups excluding carboxylic acids is 1. The van der Waals surface area contributed by atoms with Crippen LogP contribution in [0.4, 0.5) is 4.39 Å². The molecule has 4 nitrogen and oxygen atoms in total. The molecule has 1 atom stereocenters. The fourth-order valence-electron chi connectivity index (χ4n) is 1.92. The lowest BCUT2D eigenvalue weighted by Gasteiger charge is -2.22. The molecule has 1 saturated heterocycles. The van der Waals surface area contributed by atoms with E-state index in [2.05, 4.69) is 0 Å². The first kappa shape index (κ1) is 13.0. The van der Waals surface area contributed by atoms with Gasteiger partial charge in [-0.1, -0.05) is 12.1 Å². The van der Waals surface area contributed by atoms with E-state index in [0.717, 1.165) is 6.07 Å². The van der Waals surface area contributed by atoms with E-state index in [-0.39, 0.29) is 17.1 Å².